The highest BCUT2D eigenvalue weighted by atomic mass is 32.2. The fraction of sp³-hybridized carbons (Fsp3) is 0.667. The topological polar surface area (TPSA) is 184 Å². The molecule has 1 aromatic heterocycles. The van der Waals surface area contributed by atoms with Gasteiger partial charge in [-0.1, -0.05) is 66.0 Å². The number of alkyl halides is 3. The number of pyridine rings is 1. The lowest BCUT2D eigenvalue weighted by Gasteiger charge is -2.40. The van der Waals surface area contributed by atoms with Gasteiger partial charge in [-0.05, 0) is 55.1 Å². The van der Waals surface area contributed by atoms with Crippen molar-refractivity contribution in [3.05, 3.63) is 37.1 Å². The summed E-state index contributed by atoms with van der Waals surface area (Å²) in [6.07, 6.45) is -1.07. The van der Waals surface area contributed by atoms with Gasteiger partial charge in [-0.3, -0.25) is 19.2 Å². The zero-order valence-corrected chi connectivity index (χ0v) is 31.9. The van der Waals surface area contributed by atoms with E-state index >= 15 is 0 Å². The molecule has 296 valence electrons. The Morgan fingerprint density at radius 2 is 1.72 bits per heavy atom. The van der Waals surface area contributed by atoms with Gasteiger partial charge in [-0.15, -0.1) is 6.58 Å². The second-order valence-corrected chi connectivity index (χ2v) is 17.4. The van der Waals surface area contributed by atoms with Crippen LogP contribution in [0.1, 0.15) is 86.0 Å². The van der Waals surface area contributed by atoms with E-state index in [1.165, 1.54) is 23.2 Å². The number of likely N-dealkylation sites (tertiary alicyclic amines) is 1. The Morgan fingerprint density at radius 3 is 2.26 bits per heavy atom. The number of carbonyl (C=O) groups excluding carboxylic acids is 5. The van der Waals surface area contributed by atoms with Crippen LogP contribution in [0.5, 0.6) is 0 Å². The van der Waals surface area contributed by atoms with Crippen LogP contribution in [0.4, 0.5) is 18.0 Å². The zero-order valence-electron chi connectivity index (χ0n) is 31.1. The van der Waals surface area contributed by atoms with Crippen LogP contribution in [-0.2, 0) is 29.0 Å². The van der Waals surface area contributed by atoms with E-state index < -0.39 is 99.1 Å². The van der Waals surface area contributed by atoms with Crippen LogP contribution in [0.3, 0.4) is 0 Å². The lowest BCUT2D eigenvalue weighted by atomic mass is 9.83. The first-order chi connectivity index (χ1) is 24.6. The summed E-state index contributed by atoms with van der Waals surface area (Å²) in [5, 5.41) is 10.1. The minimum atomic E-state index is -4.68. The molecule has 1 saturated heterocycles. The molecule has 3 rings (SSSR count). The number of hydrogen-bond donors (Lipinski definition) is 4. The number of aromatic nitrogens is 1. The summed E-state index contributed by atoms with van der Waals surface area (Å²) in [5.74, 6) is -5.05. The fourth-order valence-electron chi connectivity index (χ4n) is 7.07. The van der Waals surface area contributed by atoms with Crippen molar-refractivity contribution in [2.45, 2.75) is 121 Å². The highest BCUT2D eigenvalue weighted by Gasteiger charge is 2.48. The average Bonchev–Trinajstić information content (AvgIpc) is 3.53. The summed E-state index contributed by atoms with van der Waals surface area (Å²) in [6, 6.07) is -0.523. The van der Waals surface area contributed by atoms with Gasteiger partial charge in [-0.25, -0.2) is 18.2 Å². The van der Waals surface area contributed by atoms with Gasteiger partial charge in [0.25, 0.3) is 5.91 Å². The molecule has 0 radical (unpaired) electrons. The van der Waals surface area contributed by atoms with Crippen LogP contribution in [0.2, 0.25) is 0 Å². The number of amides is 5. The van der Waals surface area contributed by atoms with Gasteiger partial charge in [0, 0.05) is 25.7 Å². The van der Waals surface area contributed by atoms with Crippen LogP contribution >= 0.6 is 0 Å². The standard InChI is InChI=1S/C36H53F3N6O7S/c1-7-19-41-31(48)28(46)25(14-18-36(37,38)39)42-30(47)27-24(23(2)3)15-21-45(27)32(49)29(34(4,5)6)43-33(50)44-35(16-10-8-11-17-35)22-53(51,52)26-13-9-12-20-40-26/h7,9,12-13,20,23-25,27,29H,1,8,10-11,14-19,21-22H2,2-6H3,(H,41,48)(H,42,47)(H2,43,44,50)/t24?,25?,27-,29+/m0/s1. The molecule has 0 aromatic carbocycles. The van der Waals surface area contributed by atoms with Crippen LogP contribution in [-0.4, -0.2) is 96.5 Å². The molecule has 2 heterocycles. The second-order valence-electron chi connectivity index (χ2n) is 15.4. The van der Waals surface area contributed by atoms with E-state index in [1.54, 1.807) is 32.9 Å². The minimum absolute atomic E-state index is 0.0723. The zero-order chi connectivity index (χ0) is 39.8. The first-order valence-electron chi connectivity index (χ1n) is 17.9. The number of rotatable bonds is 15. The Balaban J connectivity index is 1.89. The number of halogens is 3. The van der Waals surface area contributed by atoms with Gasteiger partial charge in [0.2, 0.25) is 17.6 Å². The van der Waals surface area contributed by atoms with Gasteiger partial charge in [0.1, 0.15) is 12.1 Å². The summed E-state index contributed by atoms with van der Waals surface area (Å²) < 4.78 is 66.5. The molecular formula is C36H53F3N6O7S. The Hall–Kier alpha value is -4.02. The van der Waals surface area contributed by atoms with E-state index in [4.69, 9.17) is 0 Å². The molecule has 0 spiro atoms. The first-order valence-corrected chi connectivity index (χ1v) is 19.6. The van der Waals surface area contributed by atoms with Crippen molar-refractivity contribution in [3.63, 3.8) is 0 Å². The van der Waals surface area contributed by atoms with Crippen molar-refractivity contribution in [1.29, 1.82) is 0 Å². The molecule has 53 heavy (non-hydrogen) atoms. The molecular weight excluding hydrogens is 717 g/mol. The molecule has 0 bridgehead atoms. The smallest absolute Gasteiger partial charge is 0.346 e. The van der Waals surface area contributed by atoms with E-state index in [0.29, 0.717) is 32.1 Å². The van der Waals surface area contributed by atoms with Crippen molar-refractivity contribution in [2.24, 2.45) is 17.3 Å². The van der Waals surface area contributed by atoms with Gasteiger partial charge in [-0.2, -0.15) is 13.2 Å². The maximum absolute atomic E-state index is 14.4. The maximum Gasteiger partial charge on any atom is 0.389 e. The molecule has 13 nitrogen and oxygen atoms in total. The van der Waals surface area contributed by atoms with Crippen molar-refractivity contribution >= 4 is 39.4 Å². The lowest BCUT2D eigenvalue weighted by molar-refractivity contribution is -0.147. The molecule has 1 aliphatic heterocycles. The monoisotopic (exact) mass is 770 g/mol. The number of Topliss-reactive ketones (excluding diaryl/α,β-unsaturated/α-hetero) is 1. The normalized spacial score (nSPS) is 20.2. The van der Waals surface area contributed by atoms with Crippen molar-refractivity contribution in [1.82, 2.24) is 31.2 Å². The Morgan fingerprint density at radius 1 is 1.06 bits per heavy atom. The van der Waals surface area contributed by atoms with Crippen LogP contribution < -0.4 is 21.3 Å². The maximum atomic E-state index is 14.4. The Bertz CT molecular complexity index is 1590. The quantitative estimate of drug-likeness (QED) is 0.153. The molecule has 4 atom stereocenters. The largest absolute Gasteiger partial charge is 0.389 e. The van der Waals surface area contributed by atoms with Crippen molar-refractivity contribution in [3.8, 4) is 0 Å². The van der Waals surface area contributed by atoms with Crippen LogP contribution in [0.25, 0.3) is 0 Å². The number of carbonyl (C=O) groups is 5. The van der Waals surface area contributed by atoms with Gasteiger partial charge in [0.05, 0.1) is 17.3 Å². The molecule has 1 aliphatic carbocycles. The number of urea groups is 1. The summed E-state index contributed by atoms with van der Waals surface area (Å²) in [7, 11) is -3.91. The van der Waals surface area contributed by atoms with Gasteiger partial charge >= 0.3 is 12.2 Å². The molecule has 2 aliphatic rings. The minimum Gasteiger partial charge on any atom is -0.346 e. The molecule has 1 saturated carbocycles. The number of hydrogen-bond acceptors (Lipinski definition) is 8. The first kappa shape index (κ1) is 43.4. The van der Waals surface area contributed by atoms with Crippen LogP contribution in [0.15, 0.2) is 42.1 Å². The number of ketones is 1. The SMILES string of the molecule is C=CCNC(=O)C(=O)C(CCC(F)(F)F)NC(=O)[C@@H]1C(C(C)C)CCN1C(=O)[C@@H](NC(=O)NC1(CS(=O)(=O)c2ccccn2)CCCCC1)C(C)(C)C. The number of nitrogens with zero attached hydrogens (tertiary/aromatic N) is 2. The predicted octanol–water partition coefficient (Wildman–Crippen LogP) is 3.84. The third kappa shape index (κ3) is 12.0. The van der Waals surface area contributed by atoms with E-state index in [9.17, 15) is 45.6 Å². The fourth-order valence-corrected chi connectivity index (χ4v) is 8.81. The molecule has 17 heteroatoms. The molecule has 2 unspecified atom stereocenters. The Kier molecular flexibility index (Phi) is 14.6. The number of sulfone groups is 1. The number of nitrogens with one attached hydrogen (secondary N) is 4. The Labute approximate surface area is 309 Å². The van der Waals surface area contributed by atoms with E-state index in [1.807, 2.05) is 13.8 Å². The van der Waals surface area contributed by atoms with Gasteiger partial charge in [0.15, 0.2) is 14.9 Å². The van der Waals surface area contributed by atoms with Gasteiger partial charge < -0.3 is 26.2 Å². The molecule has 5 amide bonds. The highest BCUT2D eigenvalue weighted by molar-refractivity contribution is 7.91. The molecule has 4 N–H and O–H groups in total. The second kappa shape index (κ2) is 17.9. The highest BCUT2D eigenvalue weighted by Crippen LogP contribution is 2.35. The van der Waals surface area contributed by atoms with E-state index in [2.05, 4.69) is 32.8 Å². The molecule has 1 aromatic rings. The third-order valence-electron chi connectivity index (χ3n) is 9.83. The summed E-state index contributed by atoms with van der Waals surface area (Å²) >= 11 is 0. The average molecular weight is 771 g/mol. The summed E-state index contributed by atoms with van der Waals surface area (Å²) in [5.41, 5.74) is -2.07. The molecule has 2 fully saturated rings. The van der Waals surface area contributed by atoms with Crippen LogP contribution in [0, 0.1) is 17.3 Å². The van der Waals surface area contributed by atoms with Crippen molar-refractivity contribution in [2.75, 3.05) is 18.8 Å². The lowest BCUT2D eigenvalue weighted by Crippen LogP contribution is -2.63. The van der Waals surface area contributed by atoms with E-state index in [-0.39, 0.29) is 24.0 Å². The van der Waals surface area contributed by atoms with E-state index in [0.717, 1.165) is 6.42 Å². The summed E-state index contributed by atoms with van der Waals surface area (Å²) in [4.78, 5) is 72.8. The third-order valence-corrected chi connectivity index (χ3v) is 11.6. The predicted molar refractivity (Wildman–Crippen MR) is 191 cm³/mol. The van der Waals surface area contributed by atoms with Crippen molar-refractivity contribution < 1.29 is 45.6 Å². The summed E-state index contributed by atoms with van der Waals surface area (Å²) in [6.45, 7) is 12.1.